The number of rotatable bonds is 1. The standard InChI is InChI=1S/C7H8ClN5/c1-13-3-10-5-6(9)11-4(2-8)12-7(5)13/h3H,2H2,1H3,(H2,9,11,12). The number of hydrogen-bond acceptors (Lipinski definition) is 4. The van der Waals surface area contributed by atoms with E-state index in [1.807, 2.05) is 7.05 Å². The van der Waals surface area contributed by atoms with Gasteiger partial charge in [0.2, 0.25) is 0 Å². The number of nitrogen functional groups attached to an aromatic ring is 1. The van der Waals surface area contributed by atoms with Crippen molar-refractivity contribution in [2.24, 2.45) is 7.05 Å². The highest BCUT2D eigenvalue weighted by Gasteiger charge is 2.08. The minimum atomic E-state index is 0.255. The number of imidazole rings is 1. The van der Waals surface area contributed by atoms with Gasteiger partial charge >= 0.3 is 0 Å². The molecule has 0 unspecified atom stereocenters. The zero-order valence-electron chi connectivity index (χ0n) is 7.03. The molecule has 0 radical (unpaired) electrons. The minimum absolute atomic E-state index is 0.255. The molecule has 0 aliphatic rings. The molecule has 13 heavy (non-hydrogen) atoms. The summed E-state index contributed by atoms with van der Waals surface area (Å²) < 4.78 is 1.78. The van der Waals surface area contributed by atoms with Crippen LogP contribution in [0.3, 0.4) is 0 Å². The zero-order valence-corrected chi connectivity index (χ0v) is 7.78. The fourth-order valence-corrected chi connectivity index (χ4v) is 1.25. The van der Waals surface area contributed by atoms with Gasteiger partial charge in [0.05, 0.1) is 12.2 Å². The van der Waals surface area contributed by atoms with Gasteiger partial charge in [-0.25, -0.2) is 15.0 Å². The van der Waals surface area contributed by atoms with Crippen LogP contribution >= 0.6 is 11.6 Å². The van der Waals surface area contributed by atoms with E-state index in [1.165, 1.54) is 0 Å². The van der Waals surface area contributed by atoms with E-state index in [-0.39, 0.29) is 5.88 Å². The molecular formula is C7H8ClN5. The van der Waals surface area contributed by atoms with Gasteiger partial charge in [-0.2, -0.15) is 0 Å². The quantitative estimate of drug-likeness (QED) is 0.683. The van der Waals surface area contributed by atoms with Gasteiger partial charge in [0, 0.05) is 7.05 Å². The van der Waals surface area contributed by atoms with Crippen molar-refractivity contribution in [2.75, 3.05) is 5.73 Å². The number of nitrogens with zero attached hydrogens (tertiary/aromatic N) is 4. The van der Waals surface area contributed by atoms with Crippen molar-refractivity contribution < 1.29 is 0 Å². The highest BCUT2D eigenvalue weighted by molar-refractivity contribution is 6.16. The van der Waals surface area contributed by atoms with Gasteiger partial charge in [-0.1, -0.05) is 0 Å². The van der Waals surface area contributed by atoms with E-state index in [9.17, 15) is 0 Å². The summed E-state index contributed by atoms with van der Waals surface area (Å²) in [5.74, 6) is 1.15. The molecular weight excluding hydrogens is 190 g/mol. The van der Waals surface area contributed by atoms with Gasteiger partial charge in [0.25, 0.3) is 0 Å². The molecule has 0 saturated heterocycles. The first kappa shape index (κ1) is 8.25. The Morgan fingerprint density at radius 1 is 1.54 bits per heavy atom. The molecule has 0 amide bonds. The molecule has 0 spiro atoms. The molecule has 2 aromatic heterocycles. The first-order valence-electron chi connectivity index (χ1n) is 3.71. The SMILES string of the molecule is Cn1cnc2c(N)nc(CCl)nc21. The largest absolute Gasteiger partial charge is 0.382 e. The normalized spacial score (nSPS) is 10.9. The summed E-state index contributed by atoms with van der Waals surface area (Å²) >= 11 is 5.61. The van der Waals surface area contributed by atoms with Gasteiger partial charge in [0.15, 0.2) is 11.5 Å². The maximum Gasteiger partial charge on any atom is 0.165 e. The van der Waals surface area contributed by atoms with Crippen molar-refractivity contribution in [1.82, 2.24) is 19.5 Å². The van der Waals surface area contributed by atoms with Crippen LogP contribution in [-0.4, -0.2) is 19.5 Å². The average Bonchev–Trinajstić information content (AvgIpc) is 2.48. The number of halogens is 1. The second-order valence-electron chi connectivity index (χ2n) is 2.69. The highest BCUT2D eigenvalue weighted by Crippen LogP contribution is 2.15. The van der Waals surface area contributed by atoms with Crippen molar-refractivity contribution in [1.29, 1.82) is 0 Å². The molecule has 0 atom stereocenters. The Labute approximate surface area is 79.6 Å². The third kappa shape index (κ3) is 1.21. The molecule has 0 aliphatic carbocycles. The van der Waals surface area contributed by atoms with Crippen LogP contribution in [0.2, 0.25) is 0 Å². The van der Waals surface area contributed by atoms with Gasteiger partial charge < -0.3 is 10.3 Å². The predicted molar refractivity (Wildman–Crippen MR) is 50.3 cm³/mol. The summed E-state index contributed by atoms with van der Waals surface area (Å²) in [5, 5.41) is 0. The lowest BCUT2D eigenvalue weighted by molar-refractivity contribution is 0.918. The maximum absolute atomic E-state index is 5.66. The number of aromatic nitrogens is 4. The number of anilines is 1. The molecule has 2 heterocycles. The van der Waals surface area contributed by atoms with Gasteiger partial charge in [-0.05, 0) is 0 Å². The summed E-state index contributed by atoms with van der Waals surface area (Å²) in [4.78, 5) is 12.2. The van der Waals surface area contributed by atoms with Gasteiger partial charge in [-0.15, -0.1) is 11.6 Å². The summed E-state index contributed by atoms with van der Waals surface area (Å²) in [5.41, 5.74) is 6.99. The molecule has 0 fully saturated rings. The Balaban J connectivity index is 2.80. The van der Waals surface area contributed by atoms with Crippen LogP contribution in [0.25, 0.3) is 11.2 Å². The molecule has 2 aromatic rings. The first-order valence-corrected chi connectivity index (χ1v) is 4.25. The molecule has 2 rings (SSSR count). The number of fused-ring (bicyclic) bond motifs is 1. The number of aryl methyl sites for hydroxylation is 1. The summed E-state index contributed by atoms with van der Waals surface area (Å²) in [6, 6.07) is 0. The number of hydrogen-bond donors (Lipinski definition) is 1. The van der Waals surface area contributed by atoms with E-state index in [4.69, 9.17) is 17.3 Å². The van der Waals surface area contributed by atoms with E-state index < -0.39 is 0 Å². The lowest BCUT2D eigenvalue weighted by atomic mass is 10.5. The van der Waals surface area contributed by atoms with Crippen LogP contribution in [0.4, 0.5) is 5.82 Å². The van der Waals surface area contributed by atoms with Crippen LogP contribution in [0.5, 0.6) is 0 Å². The van der Waals surface area contributed by atoms with Crippen molar-refractivity contribution in [3.05, 3.63) is 12.2 Å². The molecule has 0 saturated carbocycles. The Kier molecular flexibility index (Phi) is 1.81. The summed E-state index contributed by atoms with van der Waals surface area (Å²) in [7, 11) is 1.85. The lowest BCUT2D eigenvalue weighted by Crippen LogP contribution is -2.00. The van der Waals surface area contributed by atoms with E-state index in [2.05, 4.69) is 15.0 Å². The fraction of sp³-hybridized carbons (Fsp3) is 0.286. The number of alkyl halides is 1. The van der Waals surface area contributed by atoms with Crippen LogP contribution in [-0.2, 0) is 12.9 Å². The Morgan fingerprint density at radius 3 is 3.00 bits per heavy atom. The maximum atomic E-state index is 5.66. The van der Waals surface area contributed by atoms with Crippen molar-refractivity contribution in [3.63, 3.8) is 0 Å². The van der Waals surface area contributed by atoms with Crippen LogP contribution in [0, 0.1) is 0 Å². The van der Waals surface area contributed by atoms with Gasteiger partial charge in [-0.3, -0.25) is 0 Å². The second kappa shape index (κ2) is 2.85. The predicted octanol–water partition coefficient (Wildman–Crippen LogP) is 0.684. The highest BCUT2D eigenvalue weighted by atomic mass is 35.5. The Bertz CT molecular complexity index is 449. The molecule has 2 N–H and O–H groups in total. The van der Waals surface area contributed by atoms with E-state index in [0.29, 0.717) is 22.8 Å². The first-order chi connectivity index (χ1) is 6.22. The Hall–Kier alpha value is -1.36. The van der Waals surface area contributed by atoms with E-state index >= 15 is 0 Å². The zero-order chi connectivity index (χ0) is 9.42. The third-order valence-corrected chi connectivity index (χ3v) is 1.99. The molecule has 6 heteroatoms. The average molecular weight is 198 g/mol. The van der Waals surface area contributed by atoms with Crippen LogP contribution in [0.1, 0.15) is 5.82 Å². The van der Waals surface area contributed by atoms with Crippen LogP contribution in [0.15, 0.2) is 6.33 Å². The van der Waals surface area contributed by atoms with Crippen molar-refractivity contribution >= 4 is 28.6 Å². The molecule has 68 valence electrons. The smallest absolute Gasteiger partial charge is 0.165 e. The third-order valence-electron chi connectivity index (χ3n) is 1.75. The lowest BCUT2D eigenvalue weighted by Gasteiger charge is -1.98. The monoisotopic (exact) mass is 197 g/mol. The molecule has 0 aliphatic heterocycles. The second-order valence-corrected chi connectivity index (χ2v) is 2.95. The molecule has 5 nitrogen and oxygen atoms in total. The van der Waals surface area contributed by atoms with E-state index in [0.717, 1.165) is 0 Å². The van der Waals surface area contributed by atoms with Gasteiger partial charge in [0.1, 0.15) is 11.3 Å². The molecule has 0 bridgehead atoms. The fourth-order valence-electron chi connectivity index (χ4n) is 1.14. The van der Waals surface area contributed by atoms with E-state index in [1.54, 1.807) is 10.9 Å². The topological polar surface area (TPSA) is 69.6 Å². The van der Waals surface area contributed by atoms with Crippen molar-refractivity contribution in [2.45, 2.75) is 5.88 Å². The minimum Gasteiger partial charge on any atom is -0.382 e. The number of nitrogens with two attached hydrogens (primary N) is 1. The Morgan fingerprint density at radius 2 is 2.31 bits per heavy atom. The van der Waals surface area contributed by atoms with Crippen LogP contribution < -0.4 is 5.73 Å². The molecule has 0 aromatic carbocycles. The summed E-state index contributed by atoms with van der Waals surface area (Å²) in [6.45, 7) is 0. The van der Waals surface area contributed by atoms with Crippen molar-refractivity contribution in [3.8, 4) is 0 Å². The summed E-state index contributed by atoms with van der Waals surface area (Å²) in [6.07, 6.45) is 1.65.